The van der Waals surface area contributed by atoms with Crippen LogP contribution in [0.4, 0.5) is 13.2 Å². The molecule has 0 aliphatic rings. The largest absolute Gasteiger partial charge is 0.493 e. The Labute approximate surface area is 102 Å². The predicted octanol–water partition coefficient (Wildman–Crippen LogP) is 3.41. The van der Waals surface area contributed by atoms with E-state index in [1.165, 1.54) is 12.1 Å². The van der Waals surface area contributed by atoms with Gasteiger partial charge >= 0.3 is 12.1 Å². The van der Waals surface area contributed by atoms with Crippen LogP contribution in [0.25, 0.3) is 0 Å². The van der Waals surface area contributed by atoms with Gasteiger partial charge in [0.25, 0.3) is 0 Å². The minimum absolute atomic E-state index is 0.0398. The third kappa shape index (κ3) is 4.65. The van der Waals surface area contributed by atoms with E-state index in [0.717, 1.165) is 5.56 Å². The molecular formula is C12H13F3O3. The standard InChI is InChI=1S/C12H13F3O3/c1-8-3-4-10(9(7-8)11(16)17)18-6-2-5-12(13,14)15/h3-4,7H,2,5-6H2,1H3,(H,16,17). The molecular weight excluding hydrogens is 249 g/mol. The first-order chi connectivity index (χ1) is 8.29. The lowest BCUT2D eigenvalue weighted by atomic mass is 10.1. The van der Waals surface area contributed by atoms with Gasteiger partial charge in [0, 0.05) is 6.42 Å². The number of alkyl halides is 3. The van der Waals surface area contributed by atoms with E-state index < -0.39 is 18.6 Å². The van der Waals surface area contributed by atoms with Gasteiger partial charge < -0.3 is 9.84 Å². The zero-order chi connectivity index (χ0) is 13.8. The second kappa shape index (κ2) is 5.75. The van der Waals surface area contributed by atoms with Crippen LogP contribution >= 0.6 is 0 Å². The number of halogens is 3. The molecule has 1 aromatic rings. The summed E-state index contributed by atoms with van der Waals surface area (Å²) < 4.78 is 40.7. The van der Waals surface area contributed by atoms with Crippen molar-refractivity contribution in [2.75, 3.05) is 6.61 Å². The van der Waals surface area contributed by atoms with Crippen LogP contribution in [0, 0.1) is 6.92 Å². The molecule has 0 radical (unpaired) electrons. The van der Waals surface area contributed by atoms with Crippen molar-refractivity contribution < 1.29 is 27.8 Å². The van der Waals surface area contributed by atoms with Gasteiger partial charge in [0.1, 0.15) is 11.3 Å². The fourth-order valence-electron chi connectivity index (χ4n) is 1.39. The Balaban J connectivity index is 2.59. The Hall–Kier alpha value is -1.72. The fraction of sp³-hybridized carbons (Fsp3) is 0.417. The first-order valence-electron chi connectivity index (χ1n) is 5.33. The van der Waals surface area contributed by atoms with E-state index in [1.54, 1.807) is 13.0 Å². The normalized spacial score (nSPS) is 11.3. The molecule has 0 heterocycles. The van der Waals surface area contributed by atoms with Crippen molar-refractivity contribution in [3.8, 4) is 5.75 Å². The lowest BCUT2D eigenvalue weighted by Gasteiger charge is -2.10. The van der Waals surface area contributed by atoms with Gasteiger partial charge in [-0.15, -0.1) is 0 Å². The predicted molar refractivity (Wildman–Crippen MR) is 58.9 cm³/mol. The highest BCUT2D eigenvalue weighted by molar-refractivity contribution is 5.91. The topological polar surface area (TPSA) is 46.5 Å². The minimum atomic E-state index is -4.22. The van der Waals surface area contributed by atoms with Crippen molar-refractivity contribution in [2.45, 2.75) is 25.9 Å². The molecule has 3 nitrogen and oxygen atoms in total. The number of aromatic carboxylic acids is 1. The van der Waals surface area contributed by atoms with E-state index in [0.29, 0.717) is 0 Å². The smallest absolute Gasteiger partial charge is 0.389 e. The van der Waals surface area contributed by atoms with Gasteiger partial charge in [0.05, 0.1) is 6.61 Å². The number of carboxylic acid groups (broad SMARTS) is 1. The summed E-state index contributed by atoms with van der Waals surface area (Å²) in [6, 6.07) is 4.51. The average molecular weight is 262 g/mol. The Morgan fingerprint density at radius 3 is 2.61 bits per heavy atom. The third-order valence-electron chi connectivity index (χ3n) is 2.23. The number of hydrogen-bond acceptors (Lipinski definition) is 2. The molecule has 0 aliphatic heterocycles. The zero-order valence-corrected chi connectivity index (χ0v) is 9.75. The maximum absolute atomic E-state index is 11.9. The van der Waals surface area contributed by atoms with E-state index >= 15 is 0 Å². The van der Waals surface area contributed by atoms with Crippen molar-refractivity contribution in [3.63, 3.8) is 0 Å². The highest BCUT2D eigenvalue weighted by Gasteiger charge is 2.26. The number of aryl methyl sites for hydroxylation is 1. The lowest BCUT2D eigenvalue weighted by Crippen LogP contribution is -2.11. The summed E-state index contributed by atoms with van der Waals surface area (Å²) in [7, 11) is 0. The van der Waals surface area contributed by atoms with Gasteiger partial charge in [-0.1, -0.05) is 11.6 Å². The Bertz CT molecular complexity index is 427. The third-order valence-corrected chi connectivity index (χ3v) is 2.23. The fourth-order valence-corrected chi connectivity index (χ4v) is 1.39. The molecule has 0 saturated carbocycles. The van der Waals surface area contributed by atoms with Gasteiger partial charge in [-0.05, 0) is 25.5 Å². The summed E-state index contributed by atoms with van der Waals surface area (Å²) in [5.74, 6) is -1.07. The van der Waals surface area contributed by atoms with Crippen molar-refractivity contribution in [1.29, 1.82) is 0 Å². The van der Waals surface area contributed by atoms with Crippen LogP contribution in [0.15, 0.2) is 18.2 Å². The summed E-state index contributed by atoms with van der Waals surface area (Å²) in [6.45, 7) is 1.56. The maximum Gasteiger partial charge on any atom is 0.389 e. The van der Waals surface area contributed by atoms with Gasteiger partial charge in [0.15, 0.2) is 0 Å². The Kier molecular flexibility index (Phi) is 4.58. The van der Waals surface area contributed by atoms with Crippen LogP contribution in [-0.2, 0) is 0 Å². The van der Waals surface area contributed by atoms with Crippen molar-refractivity contribution in [1.82, 2.24) is 0 Å². The molecule has 1 N–H and O–H groups in total. The van der Waals surface area contributed by atoms with Crippen molar-refractivity contribution >= 4 is 5.97 Å². The number of ether oxygens (including phenoxy) is 1. The maximum atomic E-state index is 11.9. The van der Waals surface area contributed by atoms with E-state index in [9.17, 15) is 18.0 Å². The summed E-state index contributed by atoms with van der Waals surface area (Å²) in [5.41, 5.74) is 0.706. The van der Waals surface area contributed by atoms with Crippen LogP contribution < -0.4 is 4.74 Å². The van der Waals surface area contributed by atoms with Gasteiger partial charge in [-0.3, -0.25) is 0 Å². The Morgan fingerprint density at radius 1 is 1.39 bits per heavy atom. The van der Waals surface area contributed by atoms with Gasteiger partial charge in [0.2, 0.25) is 0 Å². The number of benzene rings is 1. The molecule has 100 valence electrons. The van der Waals surface area contributed by atoms with E-state index in [-0.39, 0.29) is 24.3 Å². The van der Waals surface area contributed by atoms with E-state index in [2.05, 4.69) is 0 Å². The molecule has 0 saturated heterocycles. The molecule has 0 aromatic heterocycles. The van der Waals surface area contributed by atoms with Crippen LogP contribution in [0.5, 0.6) is 5.75 Å². The number of carboxylic acids is 1. The van der Waals surface area contributed by atoms with Gasteiger partial charge in [-0.25, -0.2) is 4.79 Å². The Morgan fingerprint density at radius 2 is 2.06 bits per heavy atom. The molecule has 0 unspecified atom stereocenters. The van der Waals surface area contributed by atoms with Crippen LogP contribution in [0.2, 0.25) is 0 Å². The molecule has 0 fully saturated rings. The summed E-state index contributed by atoms with van der Waals surface area (Å²) >= 11 is 0. The lowest BCUT2D eigenvalue weighted by molar-refractivity contribution is -0.136. The zero-order valence-electron chi connectivity index (χ0n) is 9.75. The van der Waals surface area contributed by atoms with Crippen LogP contribution in [0.3, 0.4) is 0 Å². The molecule has 1 aromatic carbocycles. The molecule has 1 rings (SSSR count). The second-order valence-corrected chi connectivity index (χ2v) is 3.87. The molecule has 0 atom stereocenters. The highest BCUT2D eigenvalue weighted by Crippen LogP contribution is 2.23. The minimum Gasteiger partial charge on any atom is -0.493 e. The molecule has 6 heteroatoms. The molecule has 18 heavy (non-hydrogen) atoms. The van der Waals surface area contributed by atoms with Crippen molar-refractivity contribution in [3.05, 3.63) is 29.3 Å². The summed E-state index contributed by atoms with van der Waals surface area (Å²) in [5, 5.41) is 8.92. The van der Waals surface area contributed by atoms with E-state index in [1.807, 2.05) is 0 Å². The molecule has 0 bridgehead atoms. The second-order valence-electron chi connectivity index (χ2n) is 3.87. The average Bonchev–Trinajstić information content (AvgIpc) is 2.24. The van der Waals surface area contributed by atoms with Gasteiger partial charge in [-0.2, -0.15) is 13.2 Å². The molecule has 0 amide bonds. The monoisotopic (exact) mass is 262 g/mol. The van der Waals surface area contributed by atoms with Crippen LogP contribution in [0.1, 0.15) is 28.8 Å². The number of carbonyl (C=O) groups is 1. The summed E-state index contributed by atoms with van der Waals surface area (Å²) in [6.07, 6.45) is -5.36. The molecule has 0 spiro atoms. The highest BCUT2D eigenvalue weighted by atomic mass is 19.4. The van der Waals surface area contributed by atoms with Crippen molar-refractivity contribution in [2.24, 2.45) is 0 Å². The quantitative estimate of drug-likeness (QED) is 0.827. The molecule has 0 aliphatic carbocycles. The first kappa shape index (κ1) is 14.3. The summed E-state index contributed by atoms with van der Waals surface area (Å²) in [4.78, 5) is 10.9. The number of rotatable bonds is 5. The SMILES string of the molecule is Cc1ccc(OCCCC(F)(F)F)c(C(=O)O)c1. The van der Waals surface area contributed by atoms with E-state index in [4.69, 9.17) is 9.84 Å². The van der Waals surface area contributed by atoms with Crippen LogP contribution in [-0.4, -0.2) is 23.9 Å². The number of hydrogen-bond donors (Lipinski definition) is 1. The first-order valence-corrected chi connectivity index (χ1v) is 5.33.